The first kappa shape index (κ1) is 22.3. The molecule has 1 aliphatic carbocycles. The molecule has 1 aliphatic rings. The molecule has 0 aromatic carbocycles. The molecule has 1 amide bonds. The number of halogens is 1. The van der Waals surface area contributed by atoms with E-state index < -0.39 is 5.54 Å². The number of aromatic nitrogens is 1. The van der Waals surface area contributed by atoms with E-state index >= 15 is 0 Å². The Balaban J connectivity index is 0.00000261. The maximum Gasteiger partial charge on any atom is 0.240 e. The van der Waals surface area contributed by atoms with E-state index in [4.69, 9.17) is 10.5 Å². The minimum absolute atomic E-state index is 0. The van der Waals surface area contributed by atoms with Gasteiger partial charge in [-0.3, -0.25) is 4.79 Å². The lowest BCUT2D eigenvalue weighted by molar-refractivity contribution is -0.170. The number of carbonyl (C=O) groups is 1. The summed E-state index contributed by atoms with van der Waals surface area (Å²) < 4.78 is 5.70. The van der Waals surface area contributed by atoms with Crippen molar-refractivity contribution in [2.45, 2.75) is 52.2 Å². The van der Waals surface area contributed by atoms with Crippen molar-refractivity contribution in [1.82, 2.24) is 10.3 Å². The molecule has 0 bridgehead atoms. The second-order valence-corrected chi connectivity index (χ2v) is 9.60. The van der Waals surface area contributed by atoms with Crippen LogP contribution in [0.3, 0.4) is 0 Å². The lowest BCUT2D eigenvalue weighted by atomic mass is 9.54. The van der Waals surface area contributed by atoms with Crippen molar-refractivity contribution < 1.29 is 9.53 Å². The summed E-state index contributed by atoms with van der Waals surface area (Å²) in [7, 11) is 0. The van der Waals surface area contributed by atoms with Crippen molar-refractivity contribution >= 4 is 41.0 Å². The van der Waals surface area contributed by atoms with E-state index in [0.29, 0.717) is 19.6 Å². The smallest absolute Gasteiger partial charge is 0.240 e. The van der Waals surface area contributed by atoms with Gasteiger partial charge in [0.1, 0.15) is 5.54 Å². The maximum atomic E-state index is 12.6. The fraction of sp³-hybridized carbons (Fsp3) is 0.579. The molecule has 2 aromatic heterocycles. The first-order valence-corrected chi connectivity index (χ1v) is 10.7. The van der Waals surface area contributed by atoms with Crippen molar-refractivity contribution in [2.75, 3.05) is 13.2 Å². The third kappa shape index (κ3) is 4.22. The predicted octanol–water partition coefficient (Wildman–Crippen LogP) is 3.79. The molecule has 1 saturated carbocycles. The monoisotopic (exact) mass is 429 g/mol. The lowest BCUT2D eigenvalue weighted by Crippen LogP contribution is -2.75. The van der Waals surface area contributed by atoms with Gasteiger partial charge in [0.2, 0.25) is 5.91 Å². The Morgan fingerprint density at radius 3 is 2.78 bits per heavy atom. The summed E-state index contributed by atoms with van der Waals surface area (Å²) in [5, 5.41) is 6.17. The van der Waals surface area contributed by atoms with Crippen LogP contribution >= 0.6 is 35.1 Å². The zero-order chi connectivity index (χ0) is 18.9. The van der Waals surface area contributed by atoms with Crippen molar-refractivity contribution in [3.63, 3.8) is 0 Å². The Hall–Kier alpha value is -0.990. The minimum atomic E-state index is -0.856. The number of hydrogen-bond donors (Lipinski definition) is 2. The number of thiophene rings is 1. The van der Waals surface area contributed by atoms with Crippen molar-refractivity contribution in [3.8, 4) is 10.6 Å². The van der Waals surface area contributed by atoms with Gasteiger partial charge in [-0.2, -0.15) is 0 Å². The Kier molecular flexibility index (Phi) is 7.08. The number of nitrogens with two attached hydrogens (primary N) is 1. The van der Waals surface area contributed by atoms with Crippen LogP contribution in [-0.2, 0) is 16.0 Å². The second kappa shape index (κ2) is 8.57. The van der Waals surface area contributed by atoms with Crippen molar-refractivity contribution in [2.24, 2.45) is 11.1 Å². The van der Waals surface area contributed by atoms with E-state index in [2.05, 4.69) is 27.8 Å². The number of carbonyl (C=O) groups excluding carboxylic acids is 1. The van der Waals surface area contributed by atoms with Crippen LogP contribution in [-0.4, -0.2) is 35.7 Å². The van der Waals surface area contributed by atoms with E-state index in [1.54, 1.807) is 22.7 Å². The van der Waals surface area contributed by atoms with Gasteiger partial charge in [-0.05, 0) is 32.4 Å². The Morgan fingerprint density at radius 1 is 1.44 bits per heavy atom. The number of rotatable bonds is 7. The number of hydrogen-bond acceptors (Lipinski definition) is 6. The van der Waals surface area contributed by atoms with Crippen molar-refractivity contribution in [3.05, 3.63) is 27.4 Å². The third-order valence-electron chi connectivity index (χ3n) is 5.43. The average Bonchev–Trinajstić information content (AvgIpc) is 3.23. The van der Waals surface area contributed by atoms with Crippen molar-refractivity contribution in [1.29, 1.82) is 0 Å². The predicted molar refractivity (Wildman–Crippen MR) is 115 cm³/mol. The van der Waals surface area contributed by atoms with Gasteiger partial charge in [-0.15, -0.1) is 35.1 Å². The minimum Gasteiger partial charge on any atom is -0.378 e. The molecule has 0 saturated heterocycles. The van der Waals surface area contributed by atoms with Gasteiger partial charge < -0.3 is 15.8 Å². The topological polar surface area (TPSA) is 77.2 Å². The molecule has 0 spiro atoms. The van der Waals surface area contributed by atoms with Crippen LogP contribution in [0.1, 0.15) is 37.1 Å². The van der Waals surface area contributed by atoms with Crippen LogP contribution in [0.4, 0.5) is 0 Å². The van der Waals surface area contributed by atoms with E-state index in [0.717, 1.165) is 17.1 Å². The number of amides is 1. The molecule has 1 fully saturated rings. The molecule has 2 heterocycles. The molecule has 150 valence electrons. The Bertz CT molecular complexity index is 790. The SMILES string of the molecule is CCOC1CC(N)(C(=O)NCCc2ccc(-c3csc(C)n3)s2)C1(C)C.Cl. The molecule has 0 radical (unpaired) electrons. The first-order valence-electron chi connectivity index (χ1n) is 8.98. The zero-order valence-electron chi connectivity index (χ0n) is 16.2. The number of aryl methyl sites for hydroxylation is 1. The van der Waals surface area contributed by atoms with Crippen LogP contribution in [0.2, 0.25) is 0 Å². The highest BCUT2D eigenvalue weighted by Gasteiger charge is 2.62. The summed E-state index contributed by atoms with van der Waals surface area (Å²) in [6.07, 6.45) is 1.42. The molecule has 0 aliphatic heterocycles. The third-order valence-corrected chi connectivity index (χ3v) is 7.37. The highest BCUT2D eigenvalue weighted by molar-refractivity contribution is 7.16. The number of thiazole rings is 1. The Labute approximate surface area is 175 Å². The number of nitrogens with one attached hydrogen (secondary N) is 1. The van der Waals surface area contributed by atoms with E-state index in [1.807, 2.05) is 27.7 Å². The van der Waals surface area contributed by atoms with Gasteiger partial charge in [-0.1, -0.05) is 13.8 Å². The van der Waals surface area contributed by atoms with Gasteiger partial charge in [0.15, 0.2) is 0 Å². The van der Waals surface area contributed by atoms with Crippen LogP contribution in [0.25, 0.3) is 10.6 Å². The molecule has 8 heteroatoms. The largest absolute Gasteiger partial charge is 0.378 e. The summed E-state index contributed by atoms with van der Waals surface area (Å²) >= 11 is 3.39. The number of nitrogens with zero attached hydrogens (tertiary/aromatic N) is 1. The van der Waals surface area contributed by atoms with Crippen LogP contribution in [0.5, 0.6) is 0 Å². The van der Waals surface area contributed by atoms with Gasteiger partial charge >= 0.3 is 0 Å². The molecular weight excluding hydrogens is 402 g/mol. The van der Waals surface area contributed by atoms with E-state index in [-0.39, 0.29) is 29.8 Å². The van der Waals surface area contributed by atoms with Gasteiger partial charge in [0, 0.05) is 35.2 Å². The molecule has 2 atom stereocenters. The molecule has 2 unspecified atom stereocenters. The van der Waals surface area contributed by atoms with Gasteiger partial charge in [0.25, 0.3) is 0 Å². The molecule has 5 nitrogen and oxygen atoms in total. The molecular formula is C19H28ClN3O2S2. The van der Waals surface area contributed by atoms with E-state index in [1.165, 1.54) is 9.75 Å². The summed E-state index contributed by atoms with van der Waals surface area (Å²) in [6, 6.07) is 4.21. The van der Waals surface area contributed by atoms with Crippen LogP contribution in [0, 0.1) is 12.3 Å². The highest BCUT2D eigenvalue weighted by atomic mass is 35.5. The summed E-state index contributed by atoms with van der Waals surface area (Å²) in [6.45, 7) is 9.23. The van der Waals surface area contributed by atoms with Gasteiger partial charge in [-0.25, -0.2) is 4.98 Å². The summed E-state index contributed by atoms with van der Waals surface area (Å²) in [5.74, 6) is -0.0784. The fourth-order valence-electron chi connectivity index (χ4n) is 3.40. The van der Waals surface area contributed by atoms with Crippen LogP contribution in [0.15, 0.2) is 17.5 Å². The standard InChI is InChI=1S/C19H27N3O2S2.ClH/c1-5-24-16-10-19(20,18(16,3)4)17(23)21-9-8-13-6-7-15(26-13)14-11-25-12(2)22-14;/h6-7,11,16H,5,8-10,20H2,1-4H3,(H,21,23);1H. The van der Waals surface area contributed by atoms with E-state index in [9.17, 15) is 4.79 Å². The first-order chi connectivity index (χ1) is 12.3. The zero-order valence-corrected chi connectivity index (χ0v) is 18.7. The number of ether oxygens (including phenoxy) is 1. The summed E-state index contributed by atoms with van der Waals surface area (Å²) in [5.41, 5.74) is 6.23. The fourth-order valence-corrected chi connectivity index (χ4v) is 5.06. The Morgan fingerprint density at radius 2 is 2.19 bits per heavy atom. The quantitative estimate of drug-likeness (QED) is 0.701. The lowest BCUT2D eigenvalue weighted by Gasteiger charge is -2.57. The maximum absolute atomic E-state index is 12.6. The molecule has 27 heavy (non-hydrogen) atoms. The van der Waals surface area contributed by atoms with Gasteiger partial charge in [0.05, 0.1) is 21.7 Å². The molecule has 3 rings (SSSR count). The molecule has 2 aromatic rings. The highest BCUT2D eigenvalue weighted by Crippen LogP contribution is 2.49. The average molecular weight is 430 g/mol. The normalized spacial score (nSPS) is 23.4. The van der Waals surface area contributed by atoms with Crippen LogP contribution < -0.4 is 11.1 Å². The summed E-state index contributed by atoms with van der Waals surface area (Å²) in [4.78, 5) is 19.6. The second-order valence-electron chi connectivity index (χ2n) is 7.36. The molecule has 3 N–H and O–H groups in total.